The summed E-state index contributed by atoms with van der Waals surface area (Å²) in [4.78, 5) is 12.1. The highest BCUT2D eigenvalue weighted by atomic mass is 127. The van der Waals surface area contributed by atoms with Gasteiger partial charge in [0.15, 0.2) is 0 Å². The van der Waals surface area contributed by atoms with Crippen molar-refractivity contribution >= 4 is 39.6 Å². The smallest absolute Gasteiger partial charge is 0.435 e. The molecule has 0 atom stereocenters. The molecule has 0 aliphatic heterocycles. The third kappa shape index (κ3) is 2.67. The molecule has 3 aromatic rings. The van der Waals surface area contributed by atoms with E-state index >= 15 is 0 Å². The molecular formula is C15H11IN2O2. The number of nitrogens with zero attached hydrogens (tertiary/aromatic N) is 2. The van der Waals surface area contributed by atoms with Gasteiger partial charge in [0.2, 0.25) is 0 Å². The minimum Gasteiger partial charge on any atom is -0.443 e. The van der Waals surface area contributed by atoms with E-state index in [-0.39, 0.29) is 6.61 Å². The predicted octanol–water partition coefficient (Wildman–Crippen LogP) is 3.83. The highest BCUT2D eigenvalue weighted by molar-refractivity contribution is 14.1. The summed E-state index contributed by atoms with van der Waals surface area (Å²) >= 11 is 2.23. The molecule has 4 nitrogen and oxygen atoms in total. The van der Waals surface area contributed by atoms with Crippen LogP contribution in [-0.4, -0.2) is 15.9 Å². The van der Waals surface area contributed by atoms with E-state index in [1.807, 2.05) is 48.5 Å². The van der Waals surface area contributed by atoms with Gasteiger partial charge in [0.25, 0.3) is 0 Å². The Morgan fingerprint density at radius 1 is 1.20 bits per heavy atom. The summed E-state index contributed by atoms with van der Waals surface area (Å²) in [7, 11) is 0. The van der Waals surface area contributed by atoms with E-state index in [4.69, 9.17) is 4.74 Å². The first-order valence-electron chi connectivity index (χ1n) is 6.08. The van der Waals surface area contributed by atoms with Gasteiger partial charge >= 0.3 is 6.09 Å². The van der Waals surface area contributed by atoms with Crippen LogP contribution in [0.4, 0.5) is 4.79 Å². The maximum atomic E-state index is 12.1. The molecular weight excluding hydrogens is 367 g/mol. The normalized spacial score (nSPS) is 10.7. The van der Waals surface area contributed by atoms with Crippen LogP contribution in [0, 0.1) is 3.57 Å². The van der Waals surface area contributed by atoms with Crippen molar-refractivity contribution in [1.82, 2.24) is 9.78 Å². The summed E-state index contributed by atoms with van der Waals surface area (Å²) in [6.45, 7) is 0.241. The summed E-state index contributed by atoms with van der Waals surface area (Å²) in [5, 5.41) is 5.01. The van der Waals surface area contributed by atoms with E-state index in [1.54, 1.807) is 6.20 Å². The zero-order chi connectivity index (χ0) is 13.9. The van der Waals surface area contributed by atoms with Crippen molar-refractivity contribution in [3.63, 3.8) is 0 Å². The van der Waals surface area contributed by atoms with Gasteiger partial charge in [-0.05, 0) is 46.4 Å². The fraction of sp³-hybridized carbons (Fsp3) is 0.0667. The van der Waals surface area contributed by atoms with Gasteiger partial charge in [0.05, 0.1) is 11.7 Å². The first-order valence-corrected chi connectivity index (χ1v) is 7.16. The first-order chi connectivity index (χ1) is 9.74. The van der Waals surface area contributed by atoms with E-state index in [0.717, 1.165) is 20.0 Å². The molecule has 1 aromatic heterocycles. The molecule has 20 heavy (non-hydrogen) atoms. The second-order valence-corrected chi connectivity index (χ2v) is 5.55. The summed E-state index contributed by atoms with van der Waals surface area (Å²) in [6, 6.07) is 15.4. The molecule has 0 radical (unpaired) electrons. The van der Waals surface area contributed by atoms with Gasteiger partial charge in [0, 0.05) is 8.96 Å². The summed E-state index contributed by atoms with van der Waals surface area (Å²) in [6.07, 6.45) is 1.20. The fourth-order valence-electron chi connectivity index (χ4n) is 1.93. The molecule has 3 rings (SSSR count). The minimum atomic E-state index is -0.468. The van der Waals surface area contributed by atoms with Gasteiger partial charge in [-0.1, -0.05) is 30.3 Å². The molecule has 0 spiro atoms. The third-order valence-electron chi connectivity index (χ3n) is 2.91. The second-order valence-electron chi connectivity index (χ2n) is 4.30. The van der Waals surface area contributed by atoms with Gasteiger partial charge in [0.1, 0.15) is 6.61 Å². The SMILES string of the molecule is O=C(OCc1ccccc1)n1ncc2cc(I)ccc21. The largest absolute Gasteiger partial charge is 0.443 e. The van der Waals surface area contributed by atoms with Crippen molar-refractivity contribution in [3.8, 4) is 0 Å². The van der Waals surface area contributed by atoms with Crippen LogP contribution < -0.4 is 0 Å². The number of rotatable bonds is 2. The lowest BCUT2D eigenvalue weighted by atomic mass is 10.2. The molecule has 1 heterocycles. The predicted molar refractivity (Wildman–Crippen MR) is 84.5 cm³/mol. The molecule has 0 bridgehead atoms. The molecule has 2 aromatic carbocycles. The van der Waals surface area contributed by atoms with E-state index in [0.29, 0.717) is 0 Å². The van der Waals surface area contributed by atoms with Crippen LogP contribution in [0.15, 0.2) is 54.7 Å². The number of carbonyl (C=O) groups excluding carboxylic acids is 1. The van der Waals surface area contributed by atoms with Crippen molar-refractivity contribution in [1.29, 1.82) is 0 Å². The molecule has 0 fully saturated rings. The highest BCUT2D eigenvalue weighted by Gasteiger charge is 2.11. The molecule has 0 aliphatic rings. The van der Waals surface area contributed by atoms with Crippen molar-refractivity contribution in [2.45, 2.75) is 6.61 Å². The Balaban J connectivity index is 1.79. The van der Waals surface area contributed by atoms with Crippen LogP contribution in [0.2, 0.25) is 0 Å². The summed E-state index contributed by atoms with van der Waals surface area (Å²) in [5.74, 6) is 0. The molecule has 5 heteroatoms. The van der Waals surface area contributed by atoms with Crippen LogP contribution in [0.1, 0.15) is 5.56 Å². The zero-order valence-corrected chi connectivity index (χ0v) is 12.6. The molecule has 0 amide bonds. The summed E-state index contributed by atoms with van der Waals surface area (Å²) in [5.41, 5.74) is 1.70. The fourth-order valence-corrected chi connectivity index (χ4v) is 2.45. The van der Waals surface area contributed by atoms with Gasteiger partial charge < -0.3 is 4.74 Å². The second kappa shape index (κ2) is 5.62. The third-order valence-corrected chi connectivity index (χ3v) is 3.58. The summed E-state index contributed by atoms with van der Waals surface area (Å²) < 4.78 is 7.66. The highest BCUT2D eigenvalue weighted by Crippen LogP contribution is 2.17. The standard InChI is InChI=1S/C15H11IN2O2/c16-13-6-7-14-12(8-13)9-17-18(14)15(19)20-10-11-4-2-1-3-5-11/h1-9H,10H2. The van der Waals surface area contributed by atoms with Crippen LogP contribution in [-0.2, 0) is 11.3 Å². The van der Waals surface area contributed by atoms with E-state index < -0.39 is 6.09 Å². The van der Waals surface area contributed by atoms with Crippen LogP contribution in [0.5, 0.6) is 0 Å². The maximum Gasteiger partial charge on any atom is 0.435 e. The lowest BCUT2D eigenvalue weighted by Crippen LogP contribution is -2.14. The Bertz CT molecular complexity index is 753. The number of ether oxygens (including phenoxy) is 1. The van der Waals surface area contributed by atoms with Crippen molar-refractivity contribution in [2.24, 2.45) is 0 Å². The zero-order valence-electron chi connectivity index (χ0n) is 10.5. The van der Waals surface area contributed by atoms with Gasteiger partial charge in [-0.3, -0.25) is 0 Å². The van der Waals surface area contributed by atoms with Crippen molar-refractivity contribution in [3.05, 3.63) is 63.9 Å². The average molecular weight is 378 g/mol. The number of carbonyl (C=O) groups is 1. The Morgan fingerprint density at radius 3 is 2.80 bits per heavy atom. The number of fused-ring (bicyclic) bond motifs is 1. The Kier molecular flexibility index (Phi) is 3.68. The molecule has 0 aliphatic carbocycles. The number of halogens is 1. The van der Waals surface area contributed by atoms with Gasteiger partial charge in [-0.2, -0.15) is 9.78 Å². The van der Waals surface area contributed by atoms with Crippen molar-refractivity contribution < 1.29 is 9.53 Å². The topological polar surface area (TPSA) is 44.1 Å². The monoisotopic (exact) mass is 378 g/mol. The lowest BCUT2D eigenvalue weighted by Gasteiger charge is -2.05. The number of aromatic nitrogens is 2. The number of hydrogen-bond acceptors (Lipinski definition) is 3. The van der Waals surface area contributed by atoms with E-state index in [9.17, 15) is 4.79 Å². The molecule has 100 valence electrons. The van der Waals surface area contributed by atoms with Crippen LogP contribution in [0.3, 0.4) is 0 Å². The van der Waals surface area contributed by atoms with Crippen molar-refractivity contribution in [2.75, 3.05) is 0 Å². The van der Waals surface area contributed by atoms with Gasteiger partial charge in [-0.25, -0.2) is 4.79 Å². The van der Waals surface area contributed by atoms with Gasteiger partial charge in [-0.15, -0.1) is 0 Å². The first kappa shape index (κ1) is 13.1. The minimum absolute atomic E-state index is 0.241. The Hall–Kier alpha value is -1.89. The Labute approximate surface area is 129 Å². The quantitative estimate of drug-likeness (QED) is 0.637. The lowest BCUT2D eigenvalue weighted by molar-refractivity contribution is 0.139. The molecule has 0 N–H and O–H groups in total. The Morgan fingerprint density at radius 2 is 2.00 bits per heavy atom. The molecule has 0 unspecified atom stereocenters. The number of hydrogen-bond donors (Lipinski definition) is 0. The van der Waals surface area contributed by atoms with Crippen LogP contribution in [0.25, 0.3) is 10.9 Å². The molecule has 0 saturated heterocycles. The van der Waals surface area contributed by atoms with E-state index in [1.165, 1.54) is 4.68 Å². The average Bonchev–Trinajstić information content (AvgIpc) is 2.89. The maximum absolute atomic E-state index is 12.1. The molecule has 0 saturated carbocycles. The van der Waals surface area contributed by atoms with E-state index in [2.05, 4.69) is 27.7 Å². The number of benzene rings is 2. The van der Waals surface area contributed by atoms with Crippen LogP contribution >= 0.6 is 22.6 Å².